The fourth-order valence-electron chi connectivity index (χ4n) is 3.11. The second-order valence-electron chi connectivity index (χ2n) is 6.93. The number of nitrogens with zero attached hydrogens (tertiary/aromatic N) is 1. The number of carbonyl (C=O) groups excluding carboxylic acids is 1. The first-order valence-electron chi connectivity index (χ1n) is 9.17. The van der Waals surface area contributed by atoms with Crippen molar-refractivity contribution in [1.82, 2.24) is 9.97 Å². The number of nitrogens with one attached hydrogen (secondary N) is 2. The van der Waals surface area contributed by atoms with E-state index in [2.05, 4.69) is 29.1 Å². The summed E-state index contributed by atoms with van der Waals surface area (Å²) in [5.74, 6) is 0.388. The van der Waals surface area contributed by atoms with E-state index >= 15 is 0 Å². The van der Waals surface area contributed by atoms with Crippen LogP contribution in [0.1, 0.15) is 56.4 Å². The molecule has 1 aliphatic carbocycles. The van der Waals surface area contributed by atoms with E-state index in [9.17, 15) is 9.59 Å². The van der Waals surface area contributed by atoms with Gasteiger partial charge in [-0.2, -0.15) is 0 Å². The molecule has 0 bridgehead atoms. The molecule has 0 unspecified atom stereocenters. The van der Waals surface area contributed by atoms with E-state index in [-0.39, 0.29) is 16.7 Å². The molecule has 3 rings (SSSR count). The Bertz CT molecular complexity index is 843. The summed E-state index contributed by atoms with van der Waals surface area (Å²) in [5.41, 5.74) is 3.65. The molecular weight excluding hydrogens is 346 g/mol. The van der Waals surface area contributed by atoms with Gasteiger partial charge in [-0.3, -0.25) is 9.59 Å². The van der Waals surface area contributed by atoms with Crippen LogP contribution in [0.5, 0.6) is 0 Å². The van der Waals surface area contributed by atoms with Crippen molar-refractivity contribution in [3.05, 3.63) is 51.4 Å². The lowest BCUT2D eigenvalue weighted by molar-refractivity contribution is -0.115. The fourth-order valence-corrected chi connectivity index (χ4v) is 4.02. The number of hydrogen-bond acceptors (Lipinski definition) is 4. The predicted molar refractivity (Wildman–Crippen MR) is 106 cm³/mol. The van der Waals surface area contributed by atoms with Gasteiger partial charge in [0, 0.05) is 11.3 Å². The van der Waals surface area contributed by atoms with Crippen molar-refractivity contribution in [2.45, 2.75) is 62.8 Å². The number of fused-ring (bicyclic) bond motifs is 1. The Balaban J connectivity index is 1.69. The Labute approximate surface area is 158 Å². The third-order valence-electron chi connectivity index (χ3n) is 4.68. The molecule has 0 spiro atoms. The fraction of sp³-hybridized carbons (Fsp3) is 0.450. The van der Waals surface area contributed by atoms with E-state index < -0.39 is 0 Å². The maximum Gasteiger partial charge on any atom is 0.254 e. The van der Waals surface area contributed by atoms with Gasteiger partial charge >= 0.3 is 0 Å². The number of hydrogen-bond donors (Lipinski definition) is 2. The zero-order valence-corrected chi connectivity index (χ0v) is 16.3. The number of thioether (sulfide) groups is 1. The van der Waals surface area contributed by atoms with Crippen molar-refractivity contribution in [2.75, 3.05) is 5.32 Å². The van der Waals surface area contributed by atoms with Crippen LogP contribution >= 0.6 is 11.8 Å². The van der Waals surface area contributed by atoms with Crippen LogP contribution in [0, 0.1) is 0 Å². The highest BCUT2D eigenvalue weighted by molar-refractivity contribution is 8.00. The summed E-state index contributed by atoms with van der Waals surface area (Å²) in [4.78, 5) is 32.2. The minimum absolute atomic E-state index is 0.0606. The third kappa shape index (κ3) is 4.18. The lowest BCUT2D eigenvalue weighted by Gasteiger charge is -2.15. The number of carbonyl (C=O) groups is 1. The molecule has 2 N–H and O–H groups in total. The first-order chi connectivity index (χ1) is 12.5. The Morgan fingerprint density at radius 1 is 1.27 bits per heavy atom. The summed E-state index contributed by atoms with van der Waals surface area (Å²) in [6.07, 6.45) is 3.27. The quantitative estimate of drug-likeness (QED) is 0.597. The molecule has 1 amide bonds. The number of aromatic nitrogens is 2. The molecular formula is C20H25N3O2S. The Morgan fingerprint density at radius 3 is 2.65 bits per heavy atom. The Hall–Kier alpha value is -2.08. The van der Waals surface area contributed by atoms with Crippen LogP contribution in [0.3, 0.4) is 0 Å². The number of rotatable bonds is 6. The van der Waals surface area contributed by atoms with Crippen LogP contribution in [-0.4, -0.2) is 21.1 Å². The first kappa shape index (κ1) is 18.7. The summed E-state index contributed by atoms with van der Waals surface area (Å²) in [6.45, 7) is 6.24. The van der Waals surface area contributed by atoms with Crippen LogP contribution in [0.4, 0.5) is 5.69 Å². The molecule has 26 heavy (non-hydrogen) atoms. The highest BCUT2D eigenvalue weighted by Gasteiger charge is 2.22. The number of aryl methyl sites for hydroxylation is 1. The normalized spacial score (nSPS) is 14.3. The van der Waals surface area contributed by atoms with Crippen LogP contribution in [0.15, 0.2) is 34.2 Å². The molecule has 1 heterocycles. The van der Waals surface area contributed by atoms with Gasteiger partial charge in [0.15, 0.2) is 5.16 Å². The minimum Gasteiger partial charge on any atom is -0.325 e. The smallest absolute Gasteiger partial charge is 0.254 e. The zero-order chi connectivity index (χ0) is 18.7. The molecule has 0 fully saturated rings. The van der Waals surface area contributed by atoms with Crippen LogP contribution in [0.2, 0.25) is 0 Å². The van der Waals surface area contributed by atoms with Gasteiger partial charge in [0.25, 0.3) is 5.56 Å². The summed E-state index contributed by atoms with van der Waals surface area (Å²) >= 11 is 1.33. The SMILES string of the molecule is CC[C@@H](Sc1nc2c(c(=O)[nH]1)CCC2)C(=O)Nc1ccc(C(C)C)cc1. The van der Waals surface area contributed by atoms with Crippen molar-refractivity contribution in [2.24, 2.45) is 0 Å². The molecule has 138 valence electrons. The van der Waals surface area contributed by atoms with E-state index in [4.69, 9.17) is 0 Å². The molecule has 0 radical (unpaired) electrons. The van der Waals surface area contributed by atoms with Gasteiger partial charge in [-0.1, -0.05) is 44.7 Å². The second kappa shape index (κ2) is 8.08. The maximum absolute atomic E-state index is 12.6. The van der Waals surface area contributed by atoms with E-state index in [1.165, 1.54) is 17.3 Å². The first-order valence-corrected chi connectivity index (χ1v) is 10.1. The molecule has 0 saturated heterocycles. The summed E-state index contributed by atoms with van der Waals surface area (Å²) < 4.78 is 0. The van der Waals surface area contributed by atoms with Gasteiger partial charge in [0.1, 0.15) is 0 Å². The molecule has 1 aliphatic rings. The topological polar surface area (TPSA) is 74.8 Å². The van der Waals surface area contributed by atoms with Crippen molar-refractivity contribution in [3.63, 3.8) is 0 Å². The summed E-state index contributed by atoms with van der Waals surface area (Å²) in [5, 5.41) is 3.20. The Kier molecular flexibility index (Phi) is 5.81. The second-order valence-corrected chi connectivity index (χ2v) is 8.12. The minimum atomic E-state index is -0.303. The van der Waals surface area contributed by atoms with E-state index in [1.54, 1.807) is 0 Å². The average molecular weight is 372 g/mol. The van der Waals surface area contributed by atoms with E-state index in [0.29, 0.717) is 17.5 Å². The molecule has 5 nitrogen and oxygen atoms in total. The average Bonchev–Trinajstić information content (AvgIpc) is 3.09. The maximum atomic E-state index is 12.6. The number of H-pyrrole nitrogens is 1. The van der Waals surface area contributed by atoms with Gasteiger partial charge in [-0.25, -0.2) is 4.98 Å². The molecule has 0 saturated carbocycles. The highest BCUT2D eigenvalue weighted by atomic mass is 32.2. The van der Waals surface area contributed by atoms with Gasteiger partial charge in [-0.05, 0) is 49.3 Å². The van der Waals surface area contributed by atoms with Gasteiger partial charge < -0.3 is 10.3 Å². The number of anilines is 1. The van der Waals surface area contributed by atoms with Gasteiger partial charge in [0.05, 0.1) is 10.9 Å². The predicted octanol–water partition coefficient (Wildman–Crippen LogP) is 3.89. The molecule has 6 heteroatoms. The zero-order valence-electron chi connectivity index (χ0n) is 15.5. The summed E-state index contributed by atoms with van der Waals surface area (Å²) in [6, 6.07) is 7.93. The monoisotopic (exact) mass is 371 g/mol. The van der Waals surface area contributed by atoms with Crippen LogP contribution in [0.25, 0.3) is 0 Å². The molecule has 1 aromatic carbocycles. The largest absolute Gasteiger partial charge is 0.325 e. The molecule has 1 aromatic heterocycles. The van der Waals surface area contributed by atoms with Crippen molar-refractivity contribution in [3.8, 4) is 0 Å². The third-order valence-corrected chi connectivity index (χ3v) is 5.93. The van der Waals surface area contributed by atoms with Crippen LogP contribution in [-0.2, 0) is 17.6 Å². The number of amides is 1. The lowest BCUT2D eigenvalue weighted by atomic mass is 10.0. The summed E-state index contributed by atoms with van der Waals surface area (Å²) in [7, 11) is 0. The van der Waals surface area contributed by atoms with Crippen molar-refractivity contribution < 1.29 is 4.79 Å². The number of aromatic amines is 1. The standard InChI is InChI=1S/C20H25N3O2S/c1-4-17(19(25)21-14-10-8-13(9-11-14)12(2)3)26-20-22-16-7-5-6-15(16)18(24)23-20/h8-12,17H,4-7H2,1-3H3,(H,21,25)(H,22,23,24)/t17-/m1/s1. The van der Waals surface area contributed by atoms with Crippen LogP contribution < -0.4 is 10.9 Å². The highest BCUT2D eigenvalue weighted by Crippen LogP contribution is 2.26. The lowest BCUT2D eigenvalue weighted by Crippen LogP contribution is -2.25. The Morgan fingerprint density at radius 2 is 2.00 bits per heavy atom. The van der Waals surface area contributed by atoms with E-state index in [1.807, 2.05) is 31.2 Å². The van der Waals surface area contributed by atoms with Gasteiger partial charge in [-0.15, -0.1) is 0 Å². The molecule has 2 aromatic rings. The van der Waals surface area contributed by atoms with E-state index in [0.717, 1.165) is 36.2 Å². The van der Waals surface area contributed by atoms with Crippen molar-refractivity contribution >= 4 is 23.4 Å². The molecule has 0 aliphatic heterocycles. The number of benzene rings is 1. The van der Waals surface area contributed by atoms with Crippen molar-refractivity contribution in [1.29, 1.82) is 0 Å². The van der Waals surface area contributed by atoms with Gasteiger partial charge in [0.2, 0.25) is 5.91 Å². The molecule has 1 atom stereocenters.